The summed E-state index contributed by atoms with van der Waals surface area (Å²) in [4.78, 5) is 11.3. The molecule has 1 N–H and O–H groups in total. The molecule has 3 heteroatoms. The summed E-state index contributed by atoms with van der Waals surface area (Å²) in [5.41, 5.74) is 0. The van der Waals surface area contributed by atoms with Crippen LogP contribution in [-0.4, -0.2) is 25.2 Å². The molecule has 0 aromatic rings. The normalized spacial score (nSPS) is 33.5. The molecule has 0 aliphatic heterocycles. The SMILES string of the molecule is COC(=O)C(C)NC1CCCC(C)C1C. The van der Waals surface area contributed by atoms with Crippen LogP contribution in [0.25, 0.3) is 0 Å². The molecule has 0 heterocycles. The molecule has 1 aliphatic rings. The predicted octanol–water partition coefficient (Wildman–Crippen LogP) is 1.96. The van der Waals surface area contributed by atoms with E-state index >= 15 is 0 Å². The average Bonchev–Trinajstić information content (AvgIpc) is 2.23. The van der Waals surface area contributed by atoms with Crippen LogP contribution in [0.1, 0.15) is 40.0 Å². The van der Waals surface area contributed by atoms with Crippen molar-refractivity contribution in [3.8, 4) is 0 Å². The minimum Gasteiger partial charge on any atom is -0.468 e. The summed E-state index contributed by atoms with van der Waals surface area (Å²) in [5.74, 6) is 1.23. The van der Waals surface area contributed by atoms with Gasteiger partial charge in [0.05, 0.1) is 7.11 Å². The van der Waals surface area contributed by atoms with Gasteiger partial charge in [-0.25, -0.2) is 0 Å². The lowest BCUT2D eigenvalue weighted by atomic mass is 9.78. The van der Waals surface area contributed by atoms with Gasteiger partial charge in [0.1, 0.15) is 6.04 Å². The Morgan fingerprint density at radius 2 is 2.07 bits per heavy atom. The van der Waals surface area contributed by atoms with Gasteiger partial charge in [-0.2, -0.15) is 0 Å². The first-order chi connectivity index (χ1) is 7.06. The van der Waals surface area contributed by atoms with Crippen molar-refractivity contribution in [2.45, 2.75) is 52.1 Å². The molecule has 4 atom stereocenters. The van der Waals surface area contributed by atoms with Crippen LogP contribution in [0.2, 0.25) is 0 Å². The smallest absolute Gasteiger partial charge is 0.322 e. The zero-order valence-corrected chi connectivity index (χ0v) is 10.2. The molecule has 1 saturated carbocycles. The van der Waals surface area contributed by atoms with Gasteiger partial charge in [-0.15, -0.1) is 0 Å². The molecule has 0 aromatic heterocycles. The number of nitrogens with one attached hydrogen (secondary N) is 1. The number of rotatable bonds is 3. The molecule has 0 spiro atoms. The van der Waals surface area contributed by atoms with Crippen molar-refractivity contribution in [1.82, 2.24) is 5.32 Å². The lowest BCUT2D eigenvalue weighted by Crippen LogP contribution is -2.47. The molecular weight excluding hydrogens is 190 g/mol. The van der Waals surface area contributed by atoms with E-state index in [1.54, 1.807) is 0 Å². The van der Waals surface area contributed by atoms with Crippen LogP contribution >= 0.6 is 0 Å². The second-order valence-electron chi connectivity index (χ2n) is 4.79. The molecule has 1 rings (SSSR count). The number of methoxy groups -OCH3 is 1. The van der Waals surface area contributed by atoms with Crippen molar-refractivity contribution in [3.05, 3.63) is 0 Å². The standard InChI is InChI=1S/C12H23NO2/c1-8-6-5-7-11(9(8)2)13-10(3)12(14)15-4/h8-11,13H,5-7H2,1-4H3. The highest BCUT2D eigenvalue weighted by atomic mass is 16.5. The van der Waals surface area contributed by atoms with E-state index in [1.807, 2.05) is 6.92 Å². The van der Waals surface area contributed by atoms with E-state index < -0.39 is 0 Å². The van der Waals surface area contributed by atoms with Crippen LogP contribution in [0.3, 0.4) is 0 Å². The predicted molar refractivity (Wildman–Crippen MR) is 60.6 cm³/mol. The molecule has 0 saturated heterocycles. The quantitative estimate of drug-likeness (QED) is 0.728. The van der Waals surface area contributed by atoms with Crippen molar-refractivity contribution >= 4 is 5.97 Å². The minimum absolute atomic E-state index is 0.166. The number of carbonyl (C=O) groups excluding carboxylic acids is 1. The number of ether oxygens (including phenoxy) is 1. The monoisotopic (exact) mass is 213 g/mol. The van der Waals surface area contributed by atoms with Crippen molar-refractivity contribution in [3.63, 3.8) is 0 Å². The van der Waals surface area contributed by atoms with Crippen molar-refractivity contribution in [2.75, 3.05) is 7.11 Å². The van der Waals surface area contributed by atoms with Gasteiger partial charge in [0.2, 0.25) is 0 Å². The Bertz CT molecular complexity index is 218. The molecule has 88 valence electrons. The van der Waals surface area contributed by atoms with Crippen LogP contribution in [-0.2, 0) is 9.53 Å². The summed E-state index contributed by atoms with van der Waals surface area (Å²) in [7, 11) is 1.44. The Balaban J connectivity index is 2.46. The number of esters is 1. The van der Waals surface area contributed by atoms with Gasteiger partial charge >= 0.3 is 5.97 Å². The largest absolute Gasteiger partial charge is 0.468 e. The minimum atomic E-state index is -0.187. The van der Waals surface area contributed by atoms with Crippen molar-refractivity contribution in [1.29, 1.82) is 0 Å². The Labute approximate surface area is 92.6 Å². The number of carbonyl (C=O) groups is 1. The summed E-state index contributed by atoms with van der Waals surface area (Å²) in [6, 6.07) is 0.274. The zero-order valence-electron chi connectivity index (χ0n) is 10.2. The second kappa shape index (κ2) is 5.50. The highest BCUT2D eigenvalue weighted by Crippen LogP contribution is 2.29. The Morgan fingerprint density at radius 3 is 2.67 bits per heavy atom. The van der Waals surface area contributed by atoms with Crippen LogP contribution in [0.15, 0.2) is 0 Å². The fraction of sp³-hybridized carbons (Fsp3) is 0.917. The molecule has 0 aromatic carbocycles. The maximum Gasteiger partial charge on any atom is 0.322 e. The van der Waals surface area contributed by atoms with E-state index in [0.29, 0.717) is 12.0 Å². The molecule has 3 nitrogen and oxygen atoms in total. The maximum atomic E-state index is 11.3. The van der Waals surface area contributed by atoms with E-state index in [0.717, 1.165) is 5.92 Å². The summed E-state index contributed by atoms with van der Waals surface area (Å²) >= 11 is 0. The van der Waals surface area contributed by atoms with Crippen LogP contribution in [0.5, 0.6) is 0 Å². The fourth-order valence-electron chi connectivity index (χ4n) is 2.38. The highest BCUT2D eigenvalue weighted by molar-refractivity contribution is 5.75. The summed E-state index contributed by atoms with van der Waals surface area (Å²) in [6.45, 7) is 6.44. The van der Waals surface area contributed by atoms with E-state index in [9.17, 15) is 4.79 Å². The molecule has 0 radical (unpaired) electrons. The Kier molecular flexibility index (Phi) is 4.58. The van der Waals surface area contributed by atoms with Crippen LogP contribution < -0.4 is 5.32 Å². The maximum absolute atomic E-state index is 11.3. The summed E-state index contributed by atoms with van der Waals surface area (Å²) in [5, 5.41) is 3.38. The topological polar surface area (TPSA) is 38.3 Å². The highest BCUT2D eigenvalue weighted by Gasteiger charge is 2.29. The zero-order chi connectivity index (χ0) is 11.4. The molecule has 4 unspecified atom stereocenters. The third-order valence-electron chi connectivity index (χ3n) is 3.73. The molecule has 1 aliphatic carbocycles. The first-order valence-corrected chi connectivity index (χ1v) is 5.90. The van der Waals surface area contributed by atoms with Crippen LogP contribution in [0.4, 0.5) is 0 Å². The first kappa shape index (κ1) is 12.5. The molecule has 0 amide bonds. The van der Waals surface area contributed by atoms with E-state index in [2.05, 4.69) is 19.2 Å². The third-order valence-corrected chi connectivity index (χ3v) is 3.73. The van der Waals surface area contributed by atoms with Crippen molar-refractivity contribution < 1.29 is 9.53 Å². The third kappa shape index (κ3) is 3.20. The molecule has 0 bridgehead atoms. The van der Waals surface area contributed by atoms with E-state index in [4.69, 9.17) is 4.74 Å². The van der Waals surface area contributed by atoms with Gasteiger partial charge in [-0.05, 0) is 25.2 Å². The number of hydrogen-bond acceptors (Lipinski definition) is 3. The summed E-state index contributed by atoms with van der Waals surface area (Å²) in [6.07, 6.45) is 3.75. The van der Waals surface area contributed by atoms with Gasteiger partial charge < -0.3 is 10.1 Å². The molecule has 1 fully saturated rings. The van der Waals surface area contributed by atoms with Gasteiger partial charge in [0, 0.05) is 6.04 Å². The lowest BCUT2D eigenvalue weighted by molar-refractivity contribution is -0.143. The van der Waals surface area contributed by atoms with E-state index in [-0.39, 0.29) is 12.0 Å². The van der Waals surface area contributed by atoms with Crippen molar-refractivity contribution in [2.24, 2.45) is 11.8 Å². The van der Waals surface area contributed by atoms with Gasteiger partial charge in [0.25, 0.3) is 0 Å². The summed E-state index contributed by atoms with van der Waals surface area (Å²) < 4.78 is 4.71. The Hall–Kier alpha value is -0.570. The lowest BCUT2D eigenvalue weighted by Gasteiger charge is -2.36. The fourth-order valence-corrected chi connectivity index (χ4v) is 2.38. The molecule has 15 heavy (non-hydrogen) atoms. The van der Waals surface area contributed by atoms with E-state index in [1.165, 1.54) is 26.4 Å². The van der Waals surface area contributed by atoms with Crippen LogP contribution in [0, 0.1) is 11.8 Å². The van der Waals surface area contributed by atoms with Gasteiger partial charge in [0.15, 0.2) is 0 Å². The molecular formula is C12H23NO2. The first-order valence-electron chi connectivity index (χ1n) is 5.90. The number of hydrogen-bond donors (Lipinski definition) is 1. The van der Waals surface area contributed by atoms with Gasteiger partial charge in [-0.3, -0.25) is 4.79 Å². The average molecular weight is 213 g/mol. The van der Waals surface area contributed by atoms with Gasteiger partial charge in [-0.1, -0.05) is 26.7 Å². The second-order valence-corrected chi connectivity index (χ2v) is 4.79. The Morgan fingerprint density at radius 1 is 1.40 bits per heavy atom.